The summed E-state index contributed by atoms with van der Waals surface area (Å²) >= 11 is 5.44. The number of nitrogen functional groups attached to an aromatic ring is 1. The quantitative estimate of drug-likeness (QED) is 0.420. The molecule has 0 amide bonds. The molecule has 1 rings (SSSR count). The van der Waals surface area contributed by atoms with Gasteiger partial charge in [0.05, 0.1) is 24.7 Å². The van der Waals surface area contributed by atoms with Gasteiger partial charge in [0.1, 0.15) is 6.10 Å². The van der Waals surface area contributed by atoms with Gasteiger partial charge in [-0.05, 0) is 18.2 Å². The molecule has 6 heteroatoms. The zero-order valence-corrected chi connectivity index (χ0v) is 10.0. The van der Waals surface area contributed by atoms with Crippen LogP contribution in [-0.2, 0) is 4.74 Å². The molecule has 94 valence electrons. The van der Waals surface area contributed by atoms with Crippen molar-refractivity contribution in [1.82, 2.24) is 0 Å². The van der Waals surface area contributed by atoms with E-state index in [4.69, 9.17) is 17.3 Å². The first-order chi connectivity index (χ1) is 8.01. The fourth-order valence-corrected chi connectivity index (χ4v) is 1.54. The third-order valence-electron chi connectivity index (χ3n) is 2.35. The van der Waals surface area contributed by atoms with Crippen molar-refractivity contribution in [1.29, 1.82) is 0 Å². The second-order valence-corrected chi connectivity index (χ2v) is 3.81. The highest BCUT2D eigenvalue weighted by Crippen LogP contribution is 2.25. The number of anilines is 1. The predicted molar refractivity (Wildman–Crippen MR) is 63.9 cm³/mol. The summed E-state index contributed by atoms with van der Waals surface area (Å²) in [5.74, 6) is -0.679. The van der Waals surface area contributed by atoms with E-state index in [9.17, 15) is 15.0 Å². The van der Waals surface area contributed by atoms with Crippen molar-refractivity contribution in [2.45, 2.75) is 12.2 Å². The predicted octanol–water partition coefficient (Wildman–Crippen LogP) is 0.688. The van der Waals surface area contributed by atoms with Crippen molar-refractivity contribution in [2.75, 3.05) is 18.7 Å². The number of aliphatic hydroxyl groups excluding tert-OH is 2. The smallest absolute Gasteiger partial charge is 0.337 e. The number of carbonyl (C=O) groups is 1. The van der Waals surface area contributed by atoms with E-state index in [1.807, 2.05) is 0 Å². The van der Waals surface area contributed by atoms with Crippen LogP contribution in [0.1, 0.15) is 22.0 Å². The number of benzene rings is 1. The lowest BCUT2D eigenvalue weighted by atomic mass is 10.0. The molecular formula is C11H14ClNO4. The molecule has 0 aliphatic heterocycles. The largest absolute Gasteiger partial charge is 0.465 e. The van der Waals surface area contributed by atoms with Crippen molar-refractivity contribution >= 4 is 23.3 Å². The van der Waals surface area contributed by atoms with Gasteiger partial charge in [0.25, 0.3) is 0 Å². The van der Waals surface area contributed by atoms with E-state index >= 15 is 0 Å². The van der Waals surface area contributed by atoms with Gasteiger partial charge in [0.15, 0.2) is 0 Å². The summed E-state index contributed by atoms with van der Waals surface area (Å²) in [6, 6.07) is 4.32. The van der Waals surface area contributed by atoms with Crippen molar-refractivity contribution in [3.63, 3.8) is 0 Å². The van der Waals surface area contributed by atoms with Gasteiger partial charge < -0.3 is 20.7 Å². The first-order valence-corrected chi connectivity index (χ1v) is 5.44. The number of methoxy groups -OCH3 is 1. The van der Waals surface area contributed by atoms with Crippen LogP contribution in [0, 0.1) is 0 Å². The fraction of sp³-hybridized carbons (Fsp3) is 0.364. The highest BCUT2D eigenvalue weighted by atomic mass is 35.5. The summed E-state index contributed by atoms with van der Waals surface area (Å²) in [5.41, 5.74) is 6.43. The van der Waals surface area contributed by atoms with Crippen LogP contribution in [0.2, 0.25) is 0 Å². The first kappa shape index (κ1) is 13.8. The molecule has 1 aromatic carbocycles. The standard InChI is InChI=1S/C11H14ClNO4/c1-17-11(16)6-2-3-8(13)7(4-6)10(15)9(14)5-12/h2-4,9-10,14-15H,5,13H2,1H3. The average Bonchev–Trinajstić information content (AvgIpc) is 2.36. The van der Waals surface area contributed by atoms with Crippen molar-refractivity contribution in [3.8, 4) is 0 Å². The van der Waals surface area contributed by atoms with E-state index in [-0.39, 0.29) is 22.7 Å². The van der Waals surface area contributed by atoms with Gasteiger partial charge in [-0.15, -0.1) is 11.6 Å². The minimum Gasteiger partial charge on any atom is -0.465 e. The lowest BCUT2D eigenvalue weighted by Gasteiger charge is -2.18. The molecule has 5 nitrogen and oxygen atoms in total. The summed E-state index contributed by atoms with van der Waals surface area (Å²) in [4.78, 5) is 11.3. The Morgan fingerprint density at radius 2 is 2.18 bits per heavy atom. The zero-order chi connectivity index (χ0) is 13.0. The van der Waals surface area contributed by atoms with Crippen molar-refractivity contribution in [2.24, 2.45) is 0 Å². The molecule has 0 fully saturated rings. The van der Waals surface area contributed by atoms with Crippen molar-refractivity contribution in [3.05, 3.63) is 29.3 Å². The molecule has 0 saturated carbocycles. The van der Waals surface area contributed by atoms with Crippen LogP contribution in [0.3, 0.4) is 0 Å². The van der Waals surface area contributed by atoms with Crippen LogP contribution in [-0.4, -0.2) is 35.3 Å². The first-order valence-electron chi connectivity index (χ1n) is 4.91. The summed E-state index contributed by atoms with van der Waals surface area (Å²) in [7, 11) is 1.25. The number of aliphatic hydroxyl groups is 2. The van der Waals surface area contributed by atoms with Gasteiger partial charge in [-0.25, -0.2) is 4.79 Å². The third kappa shape index (κ3) is 3.09. The fourth-order valence-electron chi connectivity index (χ4n) is 1.37. The van der Waals surface area contributed by atoms with Gasteiger partial charge in [-0.2, -0.15) is 0 Å². The number of halogens is 1. The van der Waals surface area contributed by atoms with E-state index < -0.39 is 18.2 Å². The number of esters is 1. The second kappa shape index (κ2) is 5.86. The number of rotatable bonds is 4. The average molecular weight is 260 g/mol. The Morgan fingerprint density at radius 1 is 1.53 bits per heavy atom. The van der Waals surface area contributed by atoms with Gasteiger partial charge >= 0.3 is 5.97 Å². The lowest BCUT2D eigenvalue weighted by molar-refractivity contribution is 0.0330. The highest BCUT2D eigenvalue weighted by molar-refractivity contribution is 6.18. The number of nitrogens with two attached hydrogens (primary N) is 1. The number of hydrogen-bond donors (Lipinski definition) is 3. The number of hydrogen-bond acceptors (Lipinski definition) is 5. The van der Waals surface area contributed by atoms with Crippen LogP contribution in [0.5, 0.6) is 0 Å². The topological polar surface area (TPSA) is 92.8 Å². The van der Waals surface area contributed by atoms with E-state index in [2.05, 4.69) is 4.74 Å². The molecule has 2 atom stereocenters. The maximum Gasteiger partial charge on any atom is 0.337 e. The maximum atomic E-state index is 11.3. The van der Waals surface area contributed by atoms with E-state index in [1.165, 1.54) is 25.3 Å². The van der Waals surface area contributed by atoms with Crippen LogP contribution in [0.25, 0.3) is 0 Å². The normalized spacial score (nSPS) is 14.1. The molecule has 0 bridgehead atoms. The molecular weight excluding hydrogens is 246 g/mol. The van der Waals surface area contributed by atoms with Crippen molar-refractivity contribution < 1.29 is 19.7 Å². The van der Waals surface area contributed by atoms with Gasteiger partial charge in [-0.1, -0.05) is 0 Å². The zero-order valence-electron chi connectivity index (χ0n) is 9.26. The summed E-state index contributed by atoms with van der Waals surface area (Å²) in [6.07, 6.45) is -2.39. The third-order valence-corrected chi connectivity index (χ3v) is 2.67. The van der Waals surface area contributed by atoms with E-state index in [1.54, 1.807) is 0 Å². The summed E-state index contributed by atoms with van der Waals surface area (Å²) in [5, 5.41) is 19.2. The molecule has 0 radical (unpaired) electrons. The summed E-state index contributed by atoms with van der Waals surface area (Å²) in [6.45, 7) is 0. The molecule has 0 heterocycles. The molecule has 1 aromatic rings. The van der Waals surface area contributed by atoms with Crippen LogP contribution in [0.15, 0.2) is 18.2 Å². The van der Waals surface area contributed by atoms with Gasteiger partial charge in [-0.3, -0.25) is 0 Å². The second-order valence-electron chi connectivity index (χ2n) is 3.50. The van der Waals surface area contributed by atoms with E-state index in [0.29, 0.717) is 0 Å². The van der Waals surface area contributed by atoms with Crippen LogP contribution >= 0.6 is 11.6 Å². The highest BCUT2D eigenvalue weighted by Gasteiger charge is 2.21. The molecule has 0 aliphatic rings. The molecule has 0 aromatic heterocycles. The Bertz CT molecular complexity index is 410. The Hall–Kier alpha value is -1.30. The molecule has 4 N–H and O–H groups in total. The Balaban J connectivity index is 3.10. The lowest BCUT2D eigenvalue weighted by Crippen LogP contribution is -2.21. The van der Waals surface area contributed by atoms with Crippen LogP contribution < -0.4 is 5.73 Å². The minimum atomic E-state index is -1.24. The molecule has 17 heavy (non-hydrogen) atoms. The van der Waals surface area contributed by atoms with Gasteiger partial charge in [0, 0.05) is 11.3 Å². The molecule has 2 unspecified atom stereocenters. The van der Waals surface area contributed by atoms with Gasteiger partial charge in [0.2, 0.25) is 0 Å². The Kier molecular flexibility index (Phi) is 4.74. The number of ether oxygens (including phenoxy) is 1. The summed E-state index contributed by atoms with van der Waals surface area (Å²) < 4.78 is 4.55. The van der Waals surface area contributed by atoms with E-state index in [0.717, 1.165) is 0 Å². The Labute approximate surface area is 104 Å². The molecule has 0 spiro atoms. The molecule has 0 saturated heterocycles. The Morgan fingerprint density at radius 3 is 2.71 bits per heavy atom. The molecule has 0 aliphatic carbocycles. The minimum absolute atomic E-state index is 0.136. The van der Waals surface area contributed by atoms with Crippen LogP contribution in [0.4, 0.5) is 5.69 Å². The SMILES string of the molecule is COC(=O)c1ccc(N)c(C(O)C(O)CCl)c1. The number of alkyl halides is 1. The monoisotopic (exact) mass is 259 g/mol. The number of carbonyl (C=O) groups excluding carboxylic acids is 1. The maximum absolute atomic E-state index is 11.3.